The minimum Gasteiger partial charge on any atom is -0.294 e. The summed E-state index contributed by atoms with van der Waals surface area (Å²) in [6, 6.07) is 0.158. The highest BCUT2D eigenvalue weighted by molar-refractivity contribution is 5.99. The molecule has 2 saturated carbocycles. The molecule has 2 aromatic rings. The predicted molar refractivity (Wildman–Crippen MR) is 88.0 cm³/mol. The smallest absolute Gasteiger partial charge is 0.263 e. The molecule has 2 fully saturated rings. The number of carbonyl (C=O) groups excluding carboxylic acids is 1. The van der Waals surface area contributed by atoms with Gasteiger partial charge in [0.1, 0.15) is 11.5 Å². The average Bonchev–Trinajstić information content (AvgIpc) is 3.23. The summed E-state index contributed by atoms with van der Waals surface area (Å²) in [6.45, 7) is 3.30. The number of rotatable bonds is 3. The van der Waals surface area contributed by atoms with Crippen molar-refractivity contribution in [2.75, 3.05) is 0 Å². The van der Waals surface area contributed by atoms with Gasteiger partial charge >= 0.3 is 0 Å². The minimum absolute atomic E-state index is 0.158. The van der Waals surface area contributed by atoms with Crippen LogP contribution in [0.2, 0.25) is 0 Å². The Labute approximate surface area is 134 Å². The maximum absolute atomic E-state index is 13.0. The molecule has 0 bridgehead atoms. The molecule has 0 amide bonds. The SMILES string of the molecule is CC(=O)c1c(C)c2cnc(C3CC3)nc2n(C2CCCC2)c1=O. The lowest BCUT2D eigenvalue weighted by Crippen LogP contribution is -2.30. The number of aryl methyl sites for hydroxylation is 1. The van der Waals surface area contributed by atoms with Crippen LogP contribution in [-0.2, 0) is 0 Å². The monoisotopic (exact) mass is 311 g/mol. The molecule has 0 unspecified atom stereocenters. The van der Waals surface area contributed by atoms with Crippen LogP contribution in [0.25, 0.3) is 11.0 Å². The van der Waals surface area contributed by atoms with Crippen molar-refractivity contribution in [2.24, 2.45) is 0 Å². The van der Waals surface area contributed by atoms with Gasteiger partial charge < -0.3 is 0 Å². The van der Waals surface area contributed by atoms with Crippen molar-refractivity contribution in [1.82, 2.24) is 14.5 Å². The number of Topliss-reactive ketones (excluding diaryl/α,β-unsaturated/α-hetero) is 1. The average molecular weight is 311 g/mol. The van der Waals surface area contributed by atoms with Crippen LogP contribution in [-0.4, -0.2) is 20.3 Å². The third kappa shape index (κ3) is 2.30. The predicted octanol–water partition coefficient (Wildman–Crippen LogP) is 3.30. The molecule has 0 radical (unpaired) electrons. The summed E-state index contributed by atoms with van der Waals surface area (Å²) in [5, 5.41) is 0.839. The molecular weight excluding hydrogens is 290 g/mol. The van der Waals surface area contributed by atoms with Crippen LogP contribution in [0.3, 0.4) is 0 Å². The number of aromatic nitrogens is 3. The topological polar surface area (TPSA) is 64.8 Å². The van der Waals surface area contributed by atoms with Gasteiger partial charge in [0.25, 0.3) is 5.56 Å². The standard InChI is InChI=1S/C18H21N3O2/c1-10-14-9-19-16(12-7-8-12)20-17(14)21(13-5-3-4-6-13)18(23)15(10)11(2)22/h9,12-13H,3-8H2,1-2H3. The van der Waals surface area contributed by atoms with Crippen molar-refractivity contribution in [3.63, 3.8) is 0 Å². The van der Waals surface area contributed by atoms with Crippen molar-refractivity contribution in [3.05, 3.63) is 33.5 Å². The highest BCUT2D eigenvalue weighted by Crippen LogP contribution is 2.39. The van der Waals surface area contributed by atoms with Gasteiger partial charge in [0.15, 0.2) is 5.78 Å². The normalized spacial score (nSPS) is 18.7. The molecule has 5 heteroatoms. The quantitative estimate of drug-likeness (QED) is 0.816. The molecular formula is C18H21N3O2. The van der Waals surface area contributed by atoms with E-state index >= 15 is 0 Å². The van der Waals surface area contributed by atoms with Gasteiger partial charge in [0.2, 0.25) is 0 Å². The van der Waals surface area contributed by atoms with E-state index in [1.165, 1.54) is 6.92 Å². The van der Waals surface area contributed by atoms with E-state index in [9.17, 15) is 9.59 Å². The maximum Gasteiger partial charge on any atom is 0.263 e. The molecule has 0 aliphatic heterocycles. The number of hydrogen-bond donors (Lipinski definition) is 0. The number of nitrogens with zero attached hydrogens (tertiary/aromatic N) is 3. The van der Waals surface area contributed by atoms with Gasteiger partial charge in [-0.3, -0.25) is 14.2 Å². The summed E-state index contributed by atoms with van der Waals surface area (Å²) >= 11 is 0. The Morgan fingerprint density at radius 3 is 2.52 bits per heavy atom. The number of ketones is 1. The molecule has 0 spiro atoms. The van der Waals surface area contributed by atoms with E-state index in [1.807, 2.05) is 13.1 Å². The molecule has 0 saturated heterocycles. The first-order valence-electron chi connectivity index (χ1n) is 8.50. The van der Waals surface area contributed by atoms with Crippen LogP contribution < -0.4 is 5.56 Å². The Kier molecular flexibility index (Phi) is 3.32. The molecule has 2 aromatic heterocycles. The zero-order valence-corrected chi connectivity index (χ0v) is 13.6. The Bertz CT molecular complexity index is 859. The van der Waals surface area contributed by atoms with Gasteiger partial charge in [-0.05, 0) is 45.1 Å². The van der Waals surface area contributed by atoms with Gasteiger partial charge in [-0.2, -0.15) is 0 Å². The number of hydrogen-bond acceptors (Lipinski definition) is 4. The molecule has 5 nitrogen and oxygen atoms in total. The number of carbonyl (C=O) groups is 1. The Morgan fingerprint density at radius 2 is 1.91 bits per heavy atom. The first-order valence-corrected chi connectivity index (χ1v) is 8.50. The fourth-order valence-corrected chi connectivity index (χ4v) is 3.80. The first-order chi connectivity index (χ1) is 11.1. The molecule has 2 aliphatic rings. The second-order valence-corrected chi connectivity index (χ2v) is 6.91. The van der Waals surface area contributed by atoms with Crippen molar-refractivity contribution < 1.29 is 4.79 Å². The zero-order chi connectivity index (χ0) is 16.1. The minimum atomic E-state index is -0.174. The van der Waals surface area contributed by atoms with Crippen molar-refractivity contribution >= 4 is 16.8 Å². The number of fused-ring (bicyclic) bond motifs is 1. The van der Waals surface area contributed by atoms with Crippen LogP contribution in [0.15, 0.2) is 11.0 Å². The van der Waals surface area contributed by atoms with Crippen LogP contribution in [0.5, 0.6) is 0 Å². The van der Waals surface area contributed by atoms with Crippen LogP contribution in [0.1, 0.15) is 79.2 Å². The maximum atomic E-state index is 13.0. The van der Waals surface area contributed by atoms with Gasteiger partial charge in [0.05, 0.1) is 5.56 Å². The largest absolute Gasteiger partial charge is 0.294 e. The summed E-state index contributed by atoms with van der Waals surface area (Å²) in [5.74, 6) is 1.12. The van der Waals surface area contributed by atoms with Crippen LogP contribution in [0.4, 0.5) is 0 Å². The highest BCUT2D eigenvalue weighted by Gasteiger charge is 2.29. The van der Waals surface area contributed by atoms with Crippen LogP contribution >= 0.6 is 0 Å². The van der Waals surface area contributed by atoms with Gasteiger partial charge in [-0.25, -0.2) is 9.97 Å². The van der Waals surface area contributed by atoms with Crippen molar-refractivity contribution in [1.29, 1.82) is 0 Å². The first kappa shape index (κ1) is 14.5. The number of pyridine rings is 1. The van der Waals surface area contributed by atoms with Gasteiger partial charge in [-0.1, -0.05) is 12.8 Å². The molecule has 4 rings (SSSR count). The third-order valence-corrected chi connectivity index (χ3v) is 5.21. The summed E-state index contributed by atoms with van der Waals surface area (Å²) in [7, 11) is 0. The van der Waals surface area contributed by atoms with E-state index in [2.05, 4.69) is 4.98 Å². The summed E-state index contributed by atoms with van der Waals surface area (Å²) in [4.78, 5) is 34.3. The zero-order valence-electron chi connectivity index (χ0n) is 13.6. The Morgan fingerprint density at radius 1 is 1.22 bits per heavy atom. The molecule has 2 aliphatic carbocycles. The molecule has 0 atom stereocenters. The van der Waals surface area contributed by atoms with Gasteiger partial charge in [-0.15, -0.1) is 0 Å². The van der Waals surface area contributed by atoms with E-state index in [-0.39, 0.29) is 17.4 Å². The van der Waals surface area contributed by atoms with Crippen LogP contribution in [0, 0.1) is 6.92 Å². The fourth-order valence-electron chi connectivity index (χ4n) is 3.80. The van der Waals surface area contributed by atoms with Crippen molar-refractivity contribution in [2.45, 2.75) is 64.3 Å². The summed E-state index contributed by atoms with van der Waals surface area (Å²) < 4.78 is 1.79. The molecule has 0 N–H and O–H groups in total. The molecule has 120 valence electrons. The lowest BCUT2D eigenvalue weighted by Gasteiger charge is -2.19. The second-order valence-electron chi connectivity index (χ2n) is 6.91. The van der Waals surface area contributed by atoms with E-state index in [1.54, 1.807) is 4.57 Å². The highest BCUT2D eigenvalue weighted by atomic mass is 16.1. The summed E-state index contributed by atoms with van der Waals surface area (Å²) in [6.07, 6.45) is 8.29. The van der Waals surface area contributed by atoms with Gasteiger partial charge in [0, 0.05) is 23.5 Å². The molecule has 23 heavy (non-hydrogen) atoms. The molecule has 2 heterocycles. The van der Waals surface area contributed by atoms with E-state index in [4.69, 9.17) is 4.98 Å². The fraction of sp³-hybridized carbons (Fsp3) is 0.556. The third-order valence-electron chi connectivity index (χ3n) is 5.21. The van der Waals surface area contributed by atoms with E-state index in [0.29, 0.717) is 17.0 Å². The van der Waals surface area contributed by atoms with E-state index in [0.717, 1.165) is 55.4 Å². The second kappa shape index (κ2) is 5.25. The summed E-state index contributed by atoms with van der Waals surface area (Å²) in [5.41, 5.74) is 1.57. The van der Waals surface area contributed by atoms with Crippen molar-refractivity contribution in [3.8, 4) is 0 Å². The molecule has 0 aromatic carbocycles. The Hall–Kier alpha value is -2.04. The lowest BCUT2D eigenvalue weighted by molar-refractivity contribution is 0.101. The Balaban J connectivity index is 2.06. The van der Waals surface area contributed by atoms with E-state index < -0.39 is 0 Å². The lowest BCUT2D eigenvalue weighted by atomic mass is 10.0.